The van der Waals surface area contributed by atoms with Crippen LogP contribution in [0.3, 0.4) is 0 Å². The molecular formula is C26H27F3N4O5S. The molecule has 0 saturated carbocycles. The average Bonchev–Trinajstić information content (AvgIpc) is 3.34. The van der Waals surface area contributed by atoms with Gasteiger partial charge in [-0.3, -0.25) is 4.79 Å². The zero-order valence-corrected chi connectivity index (χ0v) is 21.7. The van der Waals surface area contributed by atoms with Crippen molar-refractivity contribution in [3.05, 3.63) is 77.6 Å². The lowest BCUT2D eigenvalue weighted by Gasteiger charge is -2.22. The molecule has 1 fully saturated rings. The first-order valence-electron chi connectivity index (χ1n) is 12.1. The van der Waals surface area contributed by atoms with E-state index in [9.17, 15) is 31.5 Å². The van der Waals surface area contributed by atoms with E-state index < -0.39 is 33.6 Å². The fraction of sp³-hybridized carbons (Fsp3) is 0.346. The molecule has 2 heterocycles. The number of ether oxygens (including phenoxy) is 1. The monoisotopic (exact) mass is 564 g/mol. The largest absolute Gasteiger partial charge is 0.489 e. The van der Waals surface area contributed by atoms with Crippen LogP contribution in [0.1, 0.15) is 34.8 Å². The van der Waals surface area contributed by atoms with Crippen molar-refractivity contribution in [1.82, 2.24) is 15.3 Å². The van der Waals surface area contributed by atoms with Gasteiger partial charge in [-0.15, -0.1) is 0 Å². The fourth-order valence-electron chi connectivity index (χ4n) is 4.14. The molecule has 0 spiro atoms. The van der Waals surface area contributed by atoms with E-state index in [1.54, 1.807) is 24.0 Å². The van der Waals surface area contributed by atoms with Crippen LogP contribution >= 0.6 is 0 Å². The molecule has 208 valence electrons. The number of anilines is 1. The number of halogens is 3. The predicted molar refractivity (Wildman–Crippen MR) is 136 cm³/mol. The molecule has 2 N–H and O–H groups in total. The van der Waals surface area contributed by atoms with Gasteiger partial charge in [0.05, 0.1) is 41.0 Å². The summed E-state index contributed by atoms with van der Waals surface area (Å²) in [5.41, 5.74) is 0.160. The van der Waals surface area contributed by atoms with Gasteiger partial charge in [0.25, 0.3) is 5.91 Å². The van der Waals surface area contributed by atoms with Gasteiger partial charge >= 0.3 is 6.18 Å². The Hall–Kier alpha value is -3.71. The number of aliphatic hydroxyl groups is 1. The summed E-state index contributed by atoms with van der Waals surface area (Å²) >= 11 is 0. The van der Waals surface area contributed by atoms with Crippen molar-refractivity contribution < 1.29 is 36.2 Å². The summed E-state index contributed by atoms with van der Waals surface area (Å²) in [6, 6.07) is 10.3. The maximum atomic E-state index is 12.8. The number of benzene rings is 2. The van der Waals surface area contributed by atoms with Gasteiger partial charge in [0.15, 0.2) is 9.84 Å². The molecule has 39 heavy (non-hydrogen) atoms. The molecule has 1 saturated heterocycles. The fourth-order valence-corrected chi connectivity index (χ4v) is 5.03. The molecule has 1 aliphatic rings. The summed E-state index contributed by atoms with van der Waals surface area (Å²) in [5.74, 6) is 0.135. The minimum absolute atomic E-state index is 0.00237. The average molecular weight is 565 g/mol. The van der Waals surface area contributed by atoms with E-state index in [0.717, 1.165) is 17.7 Å². The third-order valence-electron chi connectivity index (χ3n) is 6.34. The second-order valence-corrected chi connectivity index (χ2v) is 11.3. The second kappa shape index (κ2) is 11.6. The van der Waals surface area contributed by atoms with Crippen LogP contribution in [0, 0.1) is 0 Å². The predicted octanol–water partition coefficient (Wildman–Crippen LogP) is 3.24. The highest BCUT2D eigenvalue weighted by molar-refractivity contribution is 7.91. The number of nitrogens with zero attached hydrogens (tertiary/aromatic N) is 3. The van der Waals surface area contributed by atoms with Crippen molar-refractivity contribution in [3.8, 4) is 5.75 Å². The normalized spacial score (nSPS) is 17.7. The van der Waals surface area contributed by atoms with E-state index in [0.29, 0.717) is 13.0 Å². The zero-order chi connectivity index (χ0) is 28.2. The molecule has 2 aromatic carbocycles. The number of hydrogen-bond donors (Lipinski definition) is 2. The maximum Gasteiger partial charge on any atom is 0.416 e. The Bertz CT molecular complexity index is 1380. The first kappa shape index (κ1) is 28.3. The number of rotatable bonds is 9. The second-order valence-electron chi connectivity index (χ2n) is 8.99. The van der Waals surface area contributed by atoms with Crippen LogP contribution in [-0.4, -0.2) is 60.4 Å². The van der Waals surface area contributed by atoms with Crippen LogP contribution < -0.4 is 15.0 Å². The summed E-state index contributed by atoms with van der Waals surface area (Å²) < 4.78 is 68.0. The quantitative estimate of drug-likeness (QED) is 0.406. The molecule has 0 radical (unpaired) electrons. The third-order valence-corrected chi connectivity index (χ3v) is 8.09. The molecule has 1 aliphatic heterocycles. The highest BCUT2D eigenvalue weighted by atomic mass is 32.2. The van der Waals surface area contributed by atoms with Crippen LogP contribution in [0.4, 0.5) is 19.1 Å². The topological polar surface area (TPSA) is 122 Å². The van der Waals surface area contributed by atoms with Crippen molar-refractivity contribution in [2.75, 3.05) is 23.8 Å². The molecule has 0 unspecified atom stereocenters. The number of aliphatic hydroxyl groups excluding tert-OH is 1. The lowest BCUT2D eigenvalue weighted by molar-refractivity contribution is -0.137. The third kappa shape index (κ3) is 6.84. The van der Waals surface area contributed by atoms with Gasteiger partial charge < -0.3 is 20.1 Å². The number of sulfone groups is 1. The Morgan fingerprint density at radius 3 is 2.31 bits per heavy atom. The highest BCUT2D eigenvalue weighted by Crippen LogP contribution is 2.31. The van der Waals surface area contributed by atoms with Crippen LogP contribution in [0.15, 0.2) is 65.8 Å². The molecule has 1 amide bonds. The number of carbonyl (C=O) groups is 1. The first-order chi connectivity index (χ1) is 18.5. The van der Waals surface area contributed by atoms with Gasteiger partial charge in [0.1, 0.15) is 11.9 Å². The maximum absolute atomic E-state index is 12.8. The molecule has 9 nitrogen and oxygen atoms in total. The van der Waals surface area contributed by atoms with E-state index in [1.807, 2.05) is 0 Å². The van der Waals surface area contributed by atoms with E-state index in [2.05, 4.69) is 15.3 Å². The minimum atomic E-state index is -4.43. The zero-order valence-electron chi connectivity index (χ0n) is 20.9. The Balaban J connectivity index is 1.34. The van der Waals surface area contributed by atoms with Gasteiger partial charge in [-0.2, -0.15) is 13.2 Å². The van der Waals surface area contributed by atoms with Crippen LogP contribution in [0.25, 0.3) is 0 Å². The molecular weight excluding hydrogens is 537 g/mol. The van der Waals surface area contributed by atoms with E-state index in [4.69, 9.17) is 4.74 Å². The summed E-state index contributed by atoms with van der Waals surface area (Å²) in [7, 11) is -3.30. The van der Waals surface area contributed by atoms with Crippen molar-refractivity contribution in [3.63, 3.8) is 0 Å². The molecule has 13 heteroatoms. The van der Waals surface area contributed by atoms with Gasteiger partial charge in [-0.1, -0.05) is 19.1 Å². The summed E-state index contributed by atoms with van der Waals surface area (Å²) in [6.07, 6.45) is -1.73. The van der Waals surface area contributed by atoms with Gasteiger partial charge in [0.2, 0.25) is 5.95 Å². The molecule has 1 aromatic heterocycles. The Labute approximate surface area is 223 Å². The molecule has 0 bridgehead atoms. The van der Waals surface area contributed by atoms with E-state index >= 15 is 0 Å². The Kier molecular flexibility index (Phi) is 8.40. The lowest BCUT2D eigenvalue weighted by Crippen LogP contribution is -2.34. The number of alkyl halides is 3. The van der Waals surface area contributed by atoms with Gasteiger partial charge in [0, 0.05) is 25.4 Å². The summed E-state index contributed by atoms with van der Waals surface area (Å²) in [5, 5.41) is 12.6. The van der Waals surface area contributed by atoms with Gasteiger partial charge in [-0.05, 0) is 42.0 Å². The van der Waals surface area contributed by atoms with Crippen molar-refractivity contribution in [2.45, 2.75) is 43.1 Å². The molecule has 4 rings (SSSR count). The lowest BCUT2D eigenvalue weighted by atomic mass is 10.2. The van der Waals surface area contributed by atoms with Gasteiger partial charge in [-0.25, -0.2) is 18.4 Å². The van der Waals surface area contributed by atoms with Crippen molar-refractivity contribution in [2.24, 2.45) is 0 Å². The minimum Gasteiger partial charge on any atom is -0.489 e. The molecule has 3 aromatic rings. The highest BCUT2D eigenvalue weighted by Gasteiger charge is 2.35. The Morgan fingerprint density at radius 2 is 1.74 bits per heavy atom. The number of nitrogens with one attached hydrogen (secondary N) is 1. The van der Waals surface area contributed by atoms with E-state index in [-0.39, 0.29) is 47.1 Å². The summed E-state index contributed by atoms with van der Waals surface area (Å²) in [4.78, 5) is 23.0. The summed E-state index contributed by atoms with van der Waals surface area (Å²) in [6.45, 7) is 1.83. The number of amides is 1. The Morgan fingerprint density at radius 1 is 1.10 bits per heavy atom. The van der Waals surface area contributed by atoms with E-state index in [1.165, 1.54) is 36.7 Å². The standard InChI is InChI=1S/C26H27F3N4O5S/c1-2-39(36,37)23-9-3-17(4-10-23)12-30-24(35)18-13-31-25(32-14-18)33-15-22(11-20(33)16-34)38-21-7-5-19(6-8-21)26(27,28)29/h3-10,13-14,20,22,34H,2,11-12,15-16H2,1H3,(H,30,35)/t20-,22+/m0/s1. The number of carbonyl (C=O) groups excluding carboxylic acids is 1. The van der Waals surface area contributed by atoms with Crippen LogP contribution in [0.2, 0.25) is 0 Å². The molecule has 2 atom stereocenters. The number of aromatic nitrogens is 2. The van der Waals surface area contributed by atoms with Crippen molar-refractivity contribution in [1.29, 1.82) is 0 Å². The smallest absolute Gasteiger partial charge is 0.416 e. The SMILES string of the molecule is CCS(=O)(=O)c1ccc(CNC(=O)c2cnc(N3C[C@H](Oc4ccc(C(F)(F)F)cc4)C[C@H]3CO)nc2)cc1. The van der Waals surface area contributed by atoms with Crippen LogP contribution in [-0.2, 0) is 22.6 Å². The molecule has 0 aliphatic carbocycles. The van der Waals surface area contributed by atoms with Crippen LogP contribution in [0.5, 0.6) is 5.75 Å². The van der Waals surface area contributed by atoms with Crippen molar-refractivity contribution >= 4 is 21.7 Å². The first-order valence-corrected chi connectivity index (χ1v) is 13.8. The number of hydrogen-bond acceptors (Lipinski definition) is 8.